The number of hydrogen-bond donors (Lipinski definition) is 0. The van der Waals surface area contributed by atoms with Gasteiger partial charge in [-0.2, -0.15) is 0 Å². The molecule has 3 aromatic rings. The summed E-state index contributed by atoms with van der Waals surface area (Å²) < 4.78 is 0. The van der Waals surface area contributed by atoms with Crippen LogP contribution in [0.25, 0.3) is 16.8 Å². The fraction of sp³-hybridized carbons (Fsp3) is 0.182. The molecule has 0 aliphatic heterocycles. The highest BCUT2D eigenvalue weighted by Crippen LogP contribution is 2.48. The average Bonchev–Trinajstić information content (AvgIpc) is 3.33. The Balaban J connectivity index is 1.54. The molecule has 1 fully saturated rings. The number of aryl methyl sites for hydroxylation is 1. The van der Waals surface area contributed by atoms with Crippen LogP contribution in [0, 0.1) is 12.8 Å². The third-order valence-electron chi connectivity index (χ3n) is 4.69. The first-order valence-corrected chi connectivity index (χ1v) is 8.04. The van der Waals surface area contributed by atoms with Crippen molar-refractivity contribution >= 4 is 16.8 Å². The quantitative estimate of drug-likeness (QED) is 0.556. The van der Waals surface area contributed by atoms with Crippen LogP contribution in [-0.4, -0.2) is 0 Å². The SMILES string of the molecule is Cc1ccc([C@@H]2C[C@@H]2/C=C/c2cccc3ccccc23)cc1. The predicted molar refractivity (Wildman–Crippen MR) is 95.0 cm³/mol. The molecule has 2 atom stereocenters. The second kappa shape index (κ2) is 5.46. The fourth-order valence-corrected chi connectivity index (χ4v) is 3.25. The van der Waals surface area contributed by atoms with Crippen molar-refractivity contribution in [3.05, 3.63) is 89.5 Å². The van der Waals surface area contributed by atoms with Gasteiger partial charge in [0.25, 0.3) is 0 Å². The van der Waals surface area contributed by atoms with Crippen molar-refractivity contribution in [2.75, 3.05) is 0 Å². The van der Waals surface area contributed by atoms with Crippen molar-refractivity contribution in [1.82, 2.24) is 0 Å². The largest absolute Gasteiger partial charge is 0.0802 e. The Labute approximate surface area is 132 Å². The lowest BCUT2D eigenvalue weighted by atomic mass is 10.0. The van der Waals surface area contributed by atoms with Gasteiger partial charge in [0.15, 0.2) is 0 Å². The Morgan fingerprint density at radius 3 is 2.50 bits per heavy atom. The molecule has 0 heterocycles. The summed E-state index contributed by atoms with van der Waals surface area (Å²) in [4.78, 5) is 0. The van der Waals surface area contributed by atoms with Gasteiger partial charge >= 0.3 is 0 Å². The van der Waals surface area contributed by atoms with E-state index in [4.69, 9.17) is 0 Å². The molecule has 0 N–H and O–H groups in total. The average molecular weight is 284 g/mol. The molecule has 0 bridgehead atoms. The minimum atomic E-state index is 0.696. The van der Waals surface area contributed by atoms with E-state index in [1.165, 1.54) is 33.9 Å². The standard InChI is InChI=1S/C22H20/c1-16-9-11-19(12-10-16)22-15-20(22)14-13-18-7-4-6-17-5-2-3-8-21(17)18/h2-14,20,22H,15H2,1H3/b14-13+/t20-,22-/m0/s1. The molecule has 3 aromatic carbocycles. The zero-order valence-electron chi connectivity index (χ0n) is 12.9. The van der Waals surface area contributed by atoms with Crippen LogP contribution in [-0.2, 0) is 0 Å². The van der Waals surface area contributed by atoms with E-state index in [-0.39, 0.29) is 0 Å². The lowest BCUT2D eigenvalue weighted by Crippen LogP contribution is -1.82. The zero-order valence-corrected chi connectivity index (χ0v) is 12.9. The van der Waals surface area contributed by atoms with Gasteiger partial charge in [-0.3, -0.25) is 0 Å². The molecular weight excluding hydrogens is 264 g/mol. The van der Waals surface area contributed by atoms with Gasteiger partial charge in [-0.15, -0.1) is 0 Å². The van der Waals surface area contributed by atoms with Crippen LogP contribution < -0.4 is 0 Å². The van der Waals surface area contributed by atoms with Gasteiger partial charge in [-0.1, -0.05) is 84.4 Å². The van der Waals surface area contributed by atoms with E-state index in [0.717, 1.165) is 0 Å². The number of hydrogen-bond acceptors (Lipinski definition) is 0. The molecule has 108 valence electrons. The molecule has 4 rings (SSSR count). The van der Waals surface area contributed by atoms with Crippen molar-refractivity contribution in [2.24, 2.45) is 5.92 Å². The van der Waals surface area contributed by atoms with Crippen LogP contribution in [0.1, 0.15) is 29.0 Å². The monoisotopic (exact) mass is 284 g/mol. The molecule has 0 saturated heterocycles. The van der Waals surface area contributed by atoms with E-state index < -0.39 is 0 Å². The Bertz CT molecular complexity index is 819. The summed E-state index contributed by atoms with van der Waals surface area (Å²) in [5.74, 6) is 1.41. The highest BCUT2D eigenvalue weighted by molar-refractivity contribution is 5.90. The maximum Gasteiger partial charge on any atom is -0.00929 e. The summed E-state index contributed by atoms with van der Waals surface area (Å²) in [6.07, 6.45) is 5.98. The van der Waals surface area contributed by atoms with Gasteiger partial charge in [0.05, 0.1) is 0 Å². The second-order valence-corrected chi connectivity index (χ2v) is 6.34. The topological polar surface area (TPSA) is 0 Å². The smallest absolute Gasteiger partial charge is 0.00929 e. The van der Waals surface area contributed by atoms with Gasteiger partial charge in [-0.25, -0.2) is 0 Å². The maximum atomic E-state index is 2.40. The van der Waals surface area contributed by atoms with Crippen LogP contribution >= 0.6 is 0 Å². The summed E-state index contributed by atoms with van der Waals surface area (Å²) in [7, 11) is 0. The number of rotatable bonds is 3. The lowest BCUT2D eigenvalue weighted by molar-refractivity contribution is 1.01. The van der Waals surface area contributed by atoms with E-state index >= 15 is 0 Å². The minimum absolute atomic E-state index is 0.696. The number of fused-ring (bicyclic) bond motifs is 1. The maximum absolute atomic E-state index is 2.40. The van der Waals surface area contributed by atoms with Crippen molar-refractivity contribution in [2.45, 2.75) is 19.3 Å². The molecule has 1 saturated carbocycles. The van der Waals surface area contributed by atoms with E-state index in [2.05, 4.69) is 85.8 Å². The van der Waals surface area contributed by atoms with Gasteiger partial charge in [0.1, 0.15) is 0 Å². The third-order valence-corrected chi connectivity index (χ3v) is 4.69. The van der Waals surface area contributed by atoms with Crippen LogP contribution in [0.5, 0.6) is 0 Å². The molecule has 1 aliphatic carbocycles. The molecule has 0 amide bonds. The van der Waals surface area contributed by atoms with E-state index in [1.54, 1.807) is 0 Å². The normalized spacial score (nSPS) is 20.6. The van der Waals surface area contributed by atoms with Crippen molar-refractivity contribution in [1.29, 1.82) is 0 Å². The van der Waals surface area contributed by atoms with Gasteiger partial charge in [0.2, 0.25) is 0 Å². The van der Waals surface area contributed by atoms with Crippen molar-refractivity contribution in [3.63, 3.8) is 0 Å². The van der Waals surface area contributed by atoms with Crippen LogP contribution in [0.4, 0.5) is 0 Å². The Hall–Kier alpha value is -2.34. The summed E-state index contributed by atoms with van der Waals surface area (Å²) >= 11 is 0. The zero-order chi connectivity index (χ0) is 14.9. The van der Waals surface area contributed by atoms with E-state index in [0.29, 0.717) is 11.8 Å². The summed E-state index contributed by atoms with van der Waals surface area (Å²) in [6, 6.07) is 24.2. The third kappa shape index (κ3) is 2.57. The highest BCUT2D eigenvalue weighted by Gasteiger charge is 2.35. The molecular formula is C22H20. The predicted octanol–water partition coefficient (Wildman–Crippen LogP) is 5.97. The van der Waals surface area contributed by atoms with E-state index in [9.17, 15) is 0 Å². The molecule has 0 aromatic heterocycles. The number of benzene rings is 3. The van der Waals surface area contributed by atoms with Crippen molar-refractivity contribution < 1.29 is 0 Å². The van der Waals surface area contributed by atoms with Crippen LogP contribution in [0.3, 0.4) is 0 Å². The molecule has 0 radical (unpaired) electrons. The fourth-order valence-electron chi connectivity index (χ4n) is 3.25. The first kappa shape index (κ1) is 13.3. The summed E-state index contributed by atoms with van der Waals surface area (Å²) in [6.45, 7) is 2.15. The minimum Gasteiger partial charge on any atom is -0.0802 e. The Morgan fingerprint density at radius 2 is 1.64 bits per heavy atom. The van der Waals surface area contributed by atoms with Gasteiger partial charge in [-0.05, 0) is 47.1 Å². The van der Waals surface area contributed by atoms with E-state index in [1.807, 2.05) is 0 Å². The van der Waals surface area contributed by atoms with Crippen molar-refractivity contribution in [3.8, 4) is 0 Å². The summed E-state index contributed by atoms with van der Waals surface area (Å²) in [5.41, 5.74) is 4.15. The Kier molecular flexibility index (Phi) is 3.31. The first-order valence-electron chi connectivity index (χ1n) is 8.04. The highest BCUT2D eigenvalue weighted by atomic mass is 14.4. The van der Waals surface area contributed by atoms with Crippen LogP contribution in [0.2, 0.25) is 0 Å². The molecule has 0 unspecified atom stereocenters. The summed E-state index contributed by atoms with van der Waals surface area (Å²) in [5, 5.41) is 2.66. The molecule has 0 nitrogen and oxygen atoms in total. The first-order chi connectivity index (χ1) is 10.8. The number of allylic oxidation sites excluding steroid dienone is 1. The second-order valence-electron chi connectivity index (χ2n) is 6.34. The molecule has 22 heavy (non-hydrogen) atoms. The van der Waals surface area contributed by atoms with Gasteiger partial charge in [0, 0.05) is 0 Å². The lowest BCUT2D eigenvalue weighted by Gasteiger charge is -2.02. The molecule has 0 heteroatoms. The molecule has 1 aliphatic rings. The van der Waals surface area contributed by atoms with Gasteiger partial charge < -0.3 is 0 Å². The molecule has 0 spiro atoms. The van der Waals surface area contributed by atoms with Crippen LogP contribution in [0.15, 0.2) is 72.8 Å². The Morgan fingerprint density at radius 1 is 0.864 bits per heavy atom.